The molecule has 4 nitrogen and oxygen atoms in total. The van der Waals surface area contributed by atoms with Gasteiger partial charge in [0.15, 0.2) is 0 Å². The Balaban J connectivity index is 1.87. The highest BCUT2D eigenvalue weighted by molar-refractivity contribution is 9.10. The highest BCUT2D eigenvalue weighted by atomic mass is 79.9. The zero-order valence-electron chi connectivity index (χ0n) is 13.2. The topological polar surface area (TPSA) is 41.6 Å². The fourth-order valence-corrected chi connectivity index (χ4v) is 2.85. The van der Waals surface area contributed by atoms with E-state index < -0.39 is 0 Å². The van der Waals surface area contributed by atoms with Gasteiger partial charge in [0, 0.05) is 10.2 Å². The summed E-state index contributed by atoms with van der Waals surface area (Å²) >= 11 is 3.40. The van der Waals surface area contributed by atoms with Crippen molar-refractivity contribution in [1.29, 1.82) is 0 Å². The summed E-state index contributed by atoms with van der Waals surface area (Å²) in [6.07, 6.45) is 0.871. The van der Waals surface area contributed by atoms with Crippen molar-refractivity contribution < 1.29 is 9.53 Å². The number of carbonyl (C=O) groups excluding carboxylic acids is 1. The molecule has 0 unspecified atom stereocenters. The normalized spacial score (nSPS) is 16.5. The molecule has 2 aromatic rings. The highest BCUT2D eigenvalue weighted by Gasteiger charge is 2.29. The summed E-state index contributed by atoms with van der Waals surface area (Å²) in [6.45, 7) is 4.63. The number of hydrogen-bond acceptors (Lipinski definition) is 2. The standard InChI is InChI=1S/C18H19BrN2O2/c1-3-15-11-21(16-10-12(2)4-9-17(16)23-15)18(22)20-14-7-5-13(19)6-8-14/h4-10,15H,3,11H2,1-2H3,(H,20,22)/t15-/m1/s1. The Morgan fingerprint density at radius 2 is 2.04 bits per heavy atom. The van der Waals surface area contributed by atoms with Crippen LogP contribution in [0.4, 0.5) is 16.2 Å². The van der Waals surface area contributed by atoms with Crippen molar-refractivity contribution in [2.24, 2.45) is 0 Å². The first-order chi connectivity index (χ1) is 11.1. The first-order valence-corrected chi connectivity index (χ1v) is 8.47. The molecule has 0 saturated heterocycles. The Bertz CT molecular complexity index is 715. The molecule has 1 aliphatic heterocycles. The van der Waals surface area contributed by atoms with Crippen LogP contribution in [0.25, 0.3) is 0 Å². The van der Waals surface area contributed by atoms with E-state index in [1.54, 1.807) is 4.90 Å². The van der Waals surface area contributed by atoms with Crippen molar-refractivity contribution in [3.05, 3.63) is 52.5 Å². The van der Waals surface area contributed by atoms with Crippen LogP contribution in [0.5, 0.6) is 5.75 Å². The number of carbonyl (C=O) groups is 1. The van der Waals surface area contributed by atoms with Crippen LogP contribution in [0.15, 0.2) is 46.9 Å². The predicted molar refractivity (Wildman–Crippen MR) is 96.4 cm³/mol. The van der Waals surface area contributed by atoms with Gasteiger partial charge in [-0.1, -0.05) is 28.9 Å². The molecule has 0 saturated carbocycles. The van der Waals surface area contributed by atoms with E-state index >= 15 is 0 Å². The van der Waals surface area contributed by atoms with Gasteiger partial charge in [-0.25, -0.2) is 4.79 Å². The second-order valence-electron chi connectivity index (χ2n) is 5.67. The Labute approximate surface area is 144 Å². The SMILES string of the molecule is CC[C@@H]1CN(C(=O)Nc2ccc(Br)cc2)c2cc(C)ccc2O1. The molecule has 2 aromatic carbocycles. The molecule has 2 amide bonds. The van der Waals surface area contributed by atoms with Crippen molar-refractivity contribution in [1.82, 2.24) is 0 Å². The maximum atomic E-state index is 12.7. The lowest BCUT2D eigenvalue weighted by atomic mass is 10.1. The van der Waals surface area contributed by atoms with Crippen LogP contribution in [0.1, 0.15) is 18.9 Å². The van der Waals surface area contributed by atoms with Crippen LogP contribution in [0.2, 0.25) is 0 Å². The van der Waals surface area contributed by atoms with E-state index in [0.29, 0.717) is 6.54 Å². The number of urea groups is 1. The number of aryl methyl sites for hydroxylation is 1. The summed E-state index contributed by atoms with van der Waals surface area (Å²) in [7, 11) is 0. The molecule has 3 rings (SSSR count). The van der Waals surface area contributed by atoms with E-state index in [0.717, 1.165) is 33.6 Å². The lowest BCUT2D eigenvalue weighted by Crippen LogP contribution is -2.45. The quantitative estimate of drug-likeness (QED) is 0.806. The molecule has 23 heavy (non-hydrogen) atoms. The summed E-state index contributed by atoms with van der Waals surface area (Å²) in [6, 6.07) is 13.3. The molecular formula is C18H19BrN2O2. The third kappa shape index (κ3) is 3.50. The van der Waals surface area contributed by atoms with Crippen molar-refractivity contribution >= 4 is 33.3 Å². The van der Waals surface area contributed by atoms with E-state index in [2.05, 4.69) is 28.2 Å². The smallest absolute Gasteiger partial charge is 0.326 e. The van der Waals surface area contributed by atoms with Crippen molar-refractivity contribution in [2.45, 2.75) is 26.4 Å². The van der Waals surface area contributed by atoms with Gasteiger partial charge in [0.25, 0.3) is 0 Å². The average Bonchev–Trinajstić information content (AvgIpc) is 2.56. The van der Waals surface area contributed by atoms with Gasteiger partial charge in [0.2, 0.25) is 0 Å². The van der Waals surface area contributed by atoms with Gasteiger partial charge < -0.3 is 10.1 Å². The fraction of sp³-hybridized carbons (Fsp3) is 0.278. The van der Waals surface area contributed by atoms with Crippen molar-refractivity contribution in [3.8, 4) is 5.75 Å². The van der Waals surface area contributed by atoms with Crippen LogP contribution in [0, 0.1) is 6.92 Å². The number of nitrogens with one attached hydrogen (secondary N) is 1. The molecule has 1 aliphatic rings. The molecular weight excluding hydrogens is 356 g/mol. The minimum atomic E-state index is -0.138. The maximum Gasteiger partial charge on any atom is 0.326 e. The Morgan fingerprint density at radius 3 is 2.74 bits per heavy atom. The summed E-state index contributed by atoms with van der Waals surface area (Å²) in [4.78, 5) is 14.5. The molecule has 0 aromatic heterocycles. The Kier molecular flexibility index (Phi) is 4.57. The number of hydrogen-bond donors (Lipinski definition) is 1. The first kappa shape index (κ1) is 15.9. The van der Waals surface area contributed by atoms with Crippen LogP contribution < -0.4 is 15.0 Å². The molecule has 1 heterocycles. The van der Waals surface area contributed by atoms with Crippen LogP contribution in [0.3, 0.4) is 0 Å². The van der Waals surface area contributed by atoms with Gasteiger partial charge in [-0.2, -0.15) is 0 Å². The van der Waals surface area contributed by atoms with Gasteiger partial charge in [-0.15, -0.1) is 0 Å². The predicted octanol–water partition coefficient (Wildman–Crippen LogP) is 4.97. The number of fused-ring (bicyclic) bond motifs is 1. The van der Waals surface area contributed by atoms with E-state index in [9.17, 15) is 4.79 Å². The van der Waals surface area contributed by atoms with Crippen LogP contribution >= 0.6 is 15.9 Å². The summed E-state index contributed by atoms with van der Waals surface area (Å²) in [5.41, 5.74) is 2.69. The van der Waals surface area contributed by atoms with Gasteiger partial charge in [0.05, 0.1) is 12.2 Å². The number of nitrogens with zero attached hydrogens (tertiary/aromatic N) is 1. The lowest BCUT2D eigenvalue weighted by molar-refractivity contribution is 0.188. The Hall–Kier alpha value is -2.01. The second-order valence-corrected chi connectivity index (χ2v) is 6.58. The number of rotatable bonds is 2. The average molecular weight is 375 g/mol. The number of benzene rings is 2. The Morgan fingerprint density at radius 1 is 1.30 bits per heavy atom. The van der Waals surface area contributed by atoms with E-state index in [1.165, 1.54) is 0 Å². The monoisotopic (exact) mass is 374 g/mol. The van der Waals surface area contributed by atoms with Crippen LogP contribution in [-0.2, 0) is 0 Å². The summed E-state index contributed by atoms with van der Waals surface area (Å²) in [5.74, 6) is 0.764. The van der Waals surface area contributed by atoms with Gasteiger partial charge in [0.1, 0.15) is 11.9 Å². The summed E-state index contributed by atoms with van der Waals surface area (Å²) < 4.78 is 6.94. The molecule has 0 spiro atoms. The van der Waals surface area contributed by atoms with Crippen molar-refractivity contribution in [2.75, 3.05) is 16.8 Å². The van der Waals surface area contributed by atoms with Crippen LogP contribution in [-0.4, -0.2) is 18.7 Å². The molecule has 0 fully saturated rings. The number of anilines is 2. The van der Waals surface area contributed by atoms with E-state index in [1.807, 2.05) is 49.4 Å². The fourth-order valence-electron chi connectivity index (χ4n) is 2.59. The van der Waals surface area contributed by atoms with Gasteiger partial charge >= 0.3 is 6.03 Å². The number of ether oxygens (including phenoxy) is 1. The minimum absolute atomic E-state index is 0.0147. The number of amides is 2. The molecule has 1 atom stereocenters. The van der Waals surface area contributed by atoms with E-state index in [4.69, 9.17) is 4.74 Å². The number of halogens is 1. The van der Waals surface area contributed by atoms with E-state index in [-0.39, 0.29) is 12.1 Å². The van der Waals surface area contributed by atoms with Crippen molar-refractivity contribution in [3.63, 3.8) is 0 Å². The van der Waals surface area contributed by atoms with Gasteiger partial charge in [-0.3, -0.25) is 4.90 Å². The summed E-state index contributed by atoms with van der Waals surface area (Å²) in [5, 5.41) is 2.95. The van der Waals surface area contributed by atoms with Gasteiger partial charge in [-0.05, 0) is 55.3 Å². The maximum absolute atomic E-state index is 12.7. The molecule has 0 radical (unpaired) electrons. The zero-order chi connectivity index (χ0) is 16.4. The highest BCUT2D eigenvalue weighted by Crippen LogP contribution is 2.35. The molecule has 5 heteroatoms. The molecule has 0 aliphatic carbocycles. The lowest BCUT2D eigenvalue weighted by Gasteiger charge is -2.34. The molecule has 0 bridgehead atoms. The molecule has 1 N–H and O–H groups in total. The third-order valence-corrected chi connectivity index (χ3v) is 4.41. The minimum Gasteiger partial charge on any atom is -0.486 e. The first-order valence-electron chi connectivity index (χ1n) is 7.68. The zero-order valence-corrected chi connectivity index (χ0v) is 14.8. The third-order valence-electron chi connectivity index (χ3n) is 3.88. The second kappa shape index (κ2) is 6.62. The largest absolute Gasteiger partial charge is 0.486 e. The molecule has 120 valence electrons.